The summed E-state index contributed by atoms with van der Waals surface area (Å²) in [7, 11) is 2.02. The molecule has 4 heteroatoms. The van der Waals surface area contributed by atoms with Crippen LogP contribution in [0, 0.1) is 11.8 Å². The minimum absolute atomic E-state index is 0.00870. The Morgan fingerprint density at radius 3 is 2.58 bits per heavy atom. The zero-order chi connectivity index (χ0) is 14.4. The van der Waals surface area contributed by atoms with Crippen LogP contribution in [0.3, 0.4) is 0 Å². The molecule has 1 heterocycles. The van der Waals surface area contributed by atoms with Gasteiger partial charge in [-0.1, -0.05) is 13.8 Å². The molecule has 19 heavy (non-hydrogen) atoms. The van der Waals surface area contributed by atoms with Gasteiger partial charge in [-0.2, -0.15) is 0 Å². The molecule has 2 N–H and O–H groups in total. The van der Waals surface area contributed by atoms with Crippen molar-refractivity contribution in [1.29, 1.82) is 0 Å². The predicted molar refractivity (Wildman–Crippen MR) is 80.1 cm³/mol. The number of rotatable bonds is 6. The minimum atomic E-state index is -0.00870. The molecule has 0 saturated carbocycles. The molecule has 0 aliphatic carbocycles. The quantitative estimate of drug-likeness (QED) is 0.767. The number of hydrogen-bond acceptors (Lipinski definition) is 3. The molecule has 1 fully saturated rings. The van der Waals surface area contributed by atoms with Crippen LogP contribution in [0.15, 0.2) is 0 Å². The van der Waals surface area contributed by atoms with Gasteiger partial charge >= 0.3 is 0 Å². The van der Waals surface area contributed by atoms with Crippen LogP contribution in [-0.2, 0) is 4.79 Å². The van der Waals surface area contributed by atoms with Crippen LogP contribution in [0.1, 0.15) is 40.5 Å². The third-order valence-electron chi connectivity index (χ3n) is 4.26. The Bertz CT molecular complexity index is 281. The van der Waals surface area contributed by atoms with Crippen LogP contribution in [0.5, 0.6) is 0 Å². The highest BCUT2D eigenvalue weighted by molar-refractivity contribution is 5.81. The van der Waals surface area contributed by atoms with Gasteiger partial charge in [-0.15, -0.1) is 0 Å². The molecule has 1 amide bonds. The van der Waals surface area contributed by atoms with Crippen molar-refractivity contribution < 1.29 is 4.79 Å². The second-order valence-corrected chi connectivity index (χ2v) is 6.29. The molecule has 0 bridgehead atoms. The third-order valence-corrected chi connectivity index (χ3v) is 4.26. The number of nitrogens with zero attached hydrogens (tertiary/aromatic N) is 1. The molecule has 112 valence electrons. The summed E-state index contributed by atoms with van der Waals surface area (Å²) in [5, 5.41) is 6.38. The number of likely N-dealkylation sites (tertiary alicyclic amines) is 1. The molecule has 1 aliphatic heterocycles. The van der Waals surface area contributed by atoms with Gasteiger partial charge in [0, 0.05) is 19.1 Å². The zero-order valence-electron chi connectivity index (χ0n) is 13.2. The van der Waals surface area contributed by atoms with Crippen LogP contribution in [0.2, 0.25) is 0 Å². The number of amides is 1. The summed E-state index contributed by atoms with van der Waals surface area (Å²) < 4.78 is 0. The van der Waals surface area contributed by atoms with E-state index in [4.69, 9.17) is 0 Å². The number of carbonyl (C=O) groups excluding carboxylic acids is 1. The number of piperidine rings is 1. The first-order valence-electron chi connectivity index (χ1n) is 7.64. The van der Waals surface area contributed by atoms with E-state index in [1.165, 1.54) is 12.8 Å². The van der Waals surface area contributed by atoms with Crippen molar-refractivity contribution in [2.24, 2.45) is 11.8 Å². The average Bonchev–Trinajstić information content (AvgIpc) is 2.43. The smallest absolute Gasteiger partial charge is 0.237 e. The molecule has 1 rings (SSSR count). The van der Waals surface area contributed by atoms with Crippen molar-refractivity contribution in [2.75, 3.05) is 26.7 Å². The van der Waals surface area contributed by atoms with E-state index in [0.29, 0.717) is 17.9 Å². The van der Waals surface area contributed by atoms with Crippen LogP contribution in [0.25, 0.3) is 0 Å². The fraction of sp³-hybridized carbons (Fsp3) is 0.933. The van der Waals surface area contributed by atoms with E-state index >= 15 is 0 Å². The van der Waals surface area contributed by atoms with Gasteiger partial charge in [0.1, 0.15) is 0 Å². The predicted octanol–water partition coefficient (Wildman–Crippen LogP) is 1.47. The van der Waals surface area contributed by atoms with Crippen molar-refractivity contribution in [3.63, 3.8) is 0 Å². The highest BCUT2D eigenvalue weighted by atomic mass is 16.2. The van der Waals surface area contributed by atoms with Crippen LogP contribution in [-0.4, -0.2) is 49.6 Å². The summed E-state index contributed by atoms with van der Waals surface area (Å²) in [5.74, 6) is 1.33. The van der Waals surface area contributed by atoms with Crippen molar-refractivity contribution in [3.05, 3.63) is 0 Å². The van der Waals surface area contributed by atoms with E-state index in [1.54, 1.807) is 0 Å². The van der Waals surface area contributed by atoms with Crippen LogP contribution < -0.4 is 10.6 Å². The number of hydrogen-bond donors (Lipinski definition) is 2. The largest absolute Gasteiger partial charge is 0.354 e. The second-order valence-electron chi connectivity index (χ2n) is 6.29. The molecule has 4 nitrogen and oxygen atoms in total. The normalized spacial score (nSPS) is 24.2. The first-order chi connectivity index (χ1) is 8.95. The van der Waals surface area contributed by atoms with E-state index in [-0.39, 0.29) is 11.9 Å². The van der Waals surface area contributed by atoms with Gasteiger partial charge < -0.3 is 10.6 Å². The lowest BCUT2D eigenvalue weighted by Crippen LogP contribution is -2.52. The Labute approximate surface area is 118 Å². The maximum Gasteiger partial charge on any atom is 0.237 e. The van der Waals surface area contributed by atoms with Crippen molar-refractivity contribution in [2.45, 2.75) is 52.6 Å². The topological polar surface area (TPSA) is 44.4 Å². The maximum absolute atomic E-state index is 12.1. The van der Waals surface area contributed by atoms with E-state index in [0.717, 1.165) is 19.6 Å². The Balaban J connectivity index is 2.47. The molecular weight excluding hydrogens is 238 g/mol. The molecule has 0 radical (unpaired) electrons. The summed E-state index contributed by atoms with van der Waals surface area (Å²) >= 11 is 0. The maximum atomic E-state index is 12.1. The second kappa shape index (κ2) is 7.85. The molecule has 1 aliphatic rings. The van der Waals surface area contributed by atoms with Gasteiger partial charge in [0.2, 0.25) is 5.91 Å². The van der Waals surface area contributed by atoms with Gasteiger partial charge in [-0.3, -0.25) is 9.69 Å². The molecule has 0 aromatic carbocycles. The summed E-state index contributed by atoms with van der Waals surface area (Å²) in [6.45, 7) is 11.3. The molecular formula is C15H31N3O. The Hall–Kier alpha value is -0.610. The average molecular weight is 269 g/mol. The Morgan fingerprint density at radius 2 is 2.00 bits per heavy atom. The molecule has 3 atom stereocenters. The highest BCUT2D eigenvalue weighted by Crippen LogP contribution is 2.21. The number of nitrogens with one attached hydrogen (secondary N) is 2. The standard InChI is InChI=1S/C15H31N3O/c1-11(2)9-17-15(19)13(4)18-8-6-7-14(10-18)12(3)16-5/h11-14,16H,6-10H2,1-5H3,(H,17,19). The molecule has 0 aromatic heterocycles. The molecule has 0 spiro atoms. The number of carbonyl (C=O) groups is 1. The monoisotopic (exact) mass is 269 g/mol. The fourth-order valence-electron chi connectivity index (χ4n) is 2.65. The molecule has 0 aromatic rings. The van der Waals surface area contributed by atoms with Crippen LogP contribution >= 0.6 is 0 Å². The van der Waals surface area contributed by atoms with E-state index in [2.05, 4.69) is 36.3 Å². The third kappa shape index (κ3) is 5.11. The lowest BCUT2D eigenvalue weighted by Gasteiger charge is -2.38. The minimum Gasteiger partial charge on any atom is -0.354 e. The summed E-state index contributed by atoms with van der Waals surface area (Å²) in [5.41, 5.74) is 0. The Kier molecular flexibility index (Phi) is 6.80. The van der Waals surface area contributed by atoms with Gasteiger partial charge in [0.25, 0.3) is 0 Å². The first-order valence-corrected chi connectivity index (χ1v) is 7.64. The SMILES string of the molecule is CNC(C)C1CCCN(C(C)C(=O)NCC(C)C)C1. The molecule has 1 saturated heterocycles. The van der Waals surface area contributed by atoms with E-state index in [1.807, 2.05) is 14.0 Å². The lowest BCUT2D eigenvalue weighted by molar-refractivity contribution is -0.126. The van der Waals surface area contributed by atoms with Gasteiger partial charge in [-0.05, 0) is 52.1 Å². The fourth-order valence-corrected chi connectivity index (χ4v) is 2.65. The molecule has 3 unspecified atom stereocenters. The Morgan fingerprint density at radius 1 is 1.32 bits per heavy atom. The van der Waals surface area contributed by atoms with E-state index < -0.39 is 0 Å². The van der Waals surface area contributed by atoms with Crippen molar-refractivity contribution in [3.8, 4) is 0 Å². The van der Waals surface area contributed by atoms with Gasteiger partial charge in [-0.25, -0.2) is 0 Å². The van der Waals surface area contributed by atoms with Gasteiger partial charge in [0.15, 0.2) is 0 Å². The lowest BCUT2D eigenvalue weighted by atomic mass is 9.91. The van der Waals surface area contributed by atoms with Crippen molar-refractivity contribution >= 4 is 5.91 Å². The summed E-state index contributed by atoms with van der Waals surface area (Å²) in [6, 6.07) is 0.513. The van der Waals surface area contributed by atoms with Crippen molar-refractivity contribution in [1.82, 2.24) is 15.5 Å². The zero-order valence-corrected chi connectivity index (χ0v) is 13.2. The van der Waals surface area contributed by atoms with E-state index in [9.17, 15) is 4.79 Å². The summed E-state index contributed by atoms with van der Waals surface area (Å²) in [4.78, 5) is 14.5. The van der Waals surface area contributed by atoms with Gasteiger partial charge in [0.05, 0.1) is 6.04 Å². The first kappa shape index (κ1) is 16.4. The summed E-state index contributed by atoms with van der Waals surface area (Å²) in [6.07, 6.45) is 2.46. The highest BCUT2D eigenvalue weighted by Gasteiger charge is 2.29. The van der Waals surface area contributed by atoms with Crippen LogP contribution in [0.4, 0.5) is 0 Å².